The van der Waals surface area contributed by atoms with Crippen LogP contribution in [0.1, 0.15) is 34.3 Å². The molecule has 9 nitrogen and oxygen atoms in total. The fraction of sp³-hybridized carbons (Fsp3) is 0.250. The van der Waals surface area contributed by atoms with Gasteiger partial charge in [0.05, 0.1) is 24.3 Å². The SMILES string of the molecule is Cc1ccc(C(=O)CCC(=O)NCC2CN(c3ccc(-n4nnc5ccccc54)c(F)c3)C(=O)O2)c(C)c1. The van der Waals surface area contributed by atoms with Gasteiger partial charge < -0.3 is 10.1 Å². The van der Waals surface area contributed by atoms with Crippen LogP contribution < -0.4 is 10.2 Å². The number of hydrogen-bond acceptors (Lipinski definition) is 6. The minimum absolute atomic E-state index is 0.0279. The normalized spacial score (nSPS) is 15.1. The first-order chi connectivity index (χ1) is 18.3. The molecule has 194 valence electrons. The number of aryl methyl sites for hydroxylation is 2. The summed E-state index contributed by atoms with van der Waals surface area (Å²) in [6.07, 6.45) is -1.13. The van der Waals surface area contributed by atoms with Crippen LogP contribution in [0.5, 0.6) is 0 Å². The molecule has 1 aromatic heterocycles. The number of aromatic nitrogens is 3. The van der Waals surface area contributed by atoms with Crippen molar-refractivity contribution < 1.29 is 23.5 Å². The van der Waals surface area contributed by atoms with E-state index in [0.29, 0.717) is 22.3 Å². The lowest BCUT2D eigenvalue weighted by Gasteiger charge is -2.14. The zero-order valence-electron chi connectivity index (χ0n) is 21.0. The minimum Gasteiger partial charge on any atom is -0.442 e. The summed E-state index contributed by atoms with van der Waals surface area (Å²) in [5.74, 6) is -0.982. The smallest absolute Gasteiger partial charge is 0.414 e. The van der Waals surface area contributed by atoms with Crippen molar-refractivity contribution in [2.24, 2.45) is 0 Å². The number of amides is 2. The summed E-state index contributed by atoms with van der Waals surface area (Å²) in [5, 5.41) is 10.8. The van der Waals surface area contributed by atoms with E-state index in [0.717, 1.165) is 11.1 Å². The summed E-state index contributed by atoms with van der Waals surface area (Å²) in [6, 6.07) is 17.2. The summed E-state index contributed by atoms with van der Waals surface area (Å²) in [5.41, 5.74) is 4.39. The van der Waals surface area contributed by atoms with Gasteiger partial charge >= 0.3 is 6.09 Å². The zero-order valence-corrected chi connectivity index (χ0v) is 21.0. The molecule has 1 aliphatic rings. The van der Waals surface area contributed by atoms with Crippen molar-refractivity contribution in [3.8, 4) is 5.69 Å². The predicted molar refractivity (Wildman–Crippen MR) is 139 cm³/mol. The maximum absolute atomic E-state index is 15.0. The molecule has 0 radical (unpaired) electrons. The number of cyclic esters (lactones) is 1. The van der Waals surface area contributed by atoms with E-state index in [2.05, 4.69) is 15.6 Å². The molecule has 3 aromatic carbocycles. The molecule has 0 bridgehead atoms. The monoisotopic (exact) mass is 515 g/mol. The standard InChI is InChI=1S/C28H26FN5O4/c1-17-7-9-21(18(2)13-17)26(35)11-12-27(36)30-15-20-16-33(28(37)38-20)19-8-10-24(22(29)14-19)34-25-6-4-3-5-23(25)31-32-34/h3-10,13-14,20H,11-12,15-16H2,1-2H3,(H,30,36). The van der Waals surface area contributed by atoms with E-state index in [9.17, 15) is 14.4 Å². The summed E-state index contributed by atoms with van der Waals surface area (Å²) >= 11 is 0. The third-order valence-electron chi connectivity index (χ3n) is 6.49. The van der Waals surface area contributed by atoms with Gasteiger partial charge in [-0.25, -0.2) is 13.9 Å². The molecule has 1 saturated heterocycles. The van der Waals surface area contributed by atoms with Gasteiger partial charge in [0.2, 0.25) is 5.91 Å². The Morgan fingerprint density at radius 2 is 1.89 bits per heavy atom. The molecule has 38 heavy (non-hydrogen) atoms. The average Bonchev–Trinajstić information content (AvgIpc) is 3.49. The molecule has 2 heterocycles. The fourth-order valence-corrected chi connectivity index (χ4v) is 4.53. The van der Waals surface area contributed by atoms with E-state index in [-0.39, 0.29) is 43.3 Å². The van der Waals surface area contributed by atoms with Gasteiger partial charge in [-0.1, -0.05) is 41.1 Å². The van der Waals surface area contributed by atoms with Crippen molar-refractivity contribution in [3.05, 3.63) is 83.2 Å². The highest BCUT2D eigenvalue weighted by atomic mass is 19.1. The van der Waals surface area contributed by atoms with Crippen molar-refractivity contribution in [3.63, 3.8) is 0 Å². The molecule has 1 N–H and O–H groups in total. The minimum atomic E-state index is -0.632. The topological polar surface area (TPSA) is 106 Å². The Labute approximate surface area is 218 Å². The van der Waals surface area contributed by atoms with Crippen LogP contribution in [0.3, 0.4) is 0 Å². The van der Waals surface area contributed by atoms with Gasteiger partial charge in [0.15, 0.2) is 11.6 Å². The van der Waals surface area contributed by atoms with E-state index < -0.39 is 18.0 Å². The Bertz CT molecular complexity index is 1550. The number of nitrogens with one attached hydrogen (secondary N) is 1. The number of carbonyl (C=O) groups is 3. The highest BCUT2D eigenvalue weighted by Crippen LogP contribution is 2.26. The maximum atomic E-state index is 15.0. The van der Waals surface area contributed by atoms with Crippen LogP contribution in [0.4, 0.5) is 14.9 Å². The molecule has 0 spiro atoms. The molecule has 1 atom stereocenters. The molecule has 0 aliphatic carbocycles. The first-order valence-corrected chi connectivity index (χ1v) is 12.3. The largest absolute Gasteiger partial charge is 0.442 e. The number of nitrogens with zero attached hydrogens (tertiary/aromatic N) is 4. The summed E-state index contributed by atoms with van der Waals surface area (Å²) < 4.78 is 21.8. The molecule has 1 aliphatic heterocycles. The zero-order chi connectivity index (χ0) is 26.8. The summed E-state index contributed by atoms with van der Waals surface area (Å²) in [7, 11) is 0. The second kappa shape index (κ2) is 10.4. The number of fused-ring (bicyclic) bond motifs is 1. The van der Waals surface area contributed by atoms with Gasteiger partial charge in [0, 0.05) is 18.4 Å². The molecular weight excluding hydrogens is 489 g/mol. The Morgan fingerprint density at radius 1 is 1.08 bits per heavy atom. The third-order valence-corrected chi connectivity index (χ3v) is 6.49. The maximum Gasteiger partial charge on any atom is 0.414 e. The van der Waals surface area contributed by atoms with Crippen LogP contribution in [-0.4, -0.2) is 52.0 Å². The van der Waals surface area contributed by atoms with Gasteiger partial charge in [0.25, 0.3) is 0 Å². The van der Waals surface area contributed by atoms with Crippen LogP contribution in [0.25, 0.3) is 16.7 Å². The number of Topliss-reactive ketones (excluding diaryl/α,β-unsaturated/α-hetero) is 1. The van der Waals surface area contributed by atoms with Gasteiger partial charge in [-0.15, -0.1) is 5.10 Å². The van der Waals surface area contributed by atoms with E-state index in [1.54, 1.807) is 24.3 Å². The van der Waals surface area contributed by atoms with Gasteiger partial charge in [-0.05, 0) is 49.7 Å². The Morgan fingerprint density at radius 3 is 2.68 bits per heavy atom. The van der Waals surface area contributed by atoms with Gasteiger partial charge in [-0.2, -0.15) is 0 Å². The van der Waals surface area contributed by atoms with Crippen molar-refractivity contribution in [1.29, 1.82) is 0 Å². The number of para-hydroxylation sites is 1. The fourth-order valence-electron chi connectivity index (χ4n) is 4.53. The number of hydrogen-bond donors (Lipinski definition) is 1. The molecular formula is C28H26FN5O4. The molecule has 1 unspecified atom stereocenters. The lowest BCUT2D eigenvalue weighted by molar-refractivity contribution is -0.121. The van der Waals surface area contributed by atoms with Crippen LogP contribution in [-0.2, 0) is 9.53 Å². The highest BCUT2D eigenvalue weighted by molar-refractivity contribution is 5.99. The Balaban J connectivity index is 1.16. The van der Waals surface area contributed by atoms with Gasteiger partial charge in [-0.3, -0.25) is 14.5 Å². The molecule has 10 heteroatoms. The number of ketones is 1. The summed E-state index contributed by atoms with van der Waals surface area (Å²) in [6.45, 7) is 4.06. The van der Waals surface area contributed by atoms with Crippen LogP contribution in [0.15, 0.2) is 60.7 Å². The molecule has 0 saturated carbocycles. The molecule has 5 rings (SSSR count). The van der Waals surface area contributed by atoms with Crippen LogP contribution in [0.2, 0.25) is 0 Å². The van der Waals surface area contributed by atoms with Crippen molar-refractivity contribution >= 4 is 34.5 Å². The average molecular weight is 516 g/mol. The second-order valence-electron chi connectivity index (χ2n) is 9.29. The number of ether oxygens (including phenoxy) is 1. The number of halogens is 1. The van der Waals surface area contributed by atoms with E-state index in [1.807, 2.05) is 38.1 Å². The van der Waals surface area contributed by atoms with Crippen molar-refractivity contribution in [1.82, 2.24) is 20.3 Å². The van der Waals surface area contributed by atoms with Crippen LogP contribution in [0, 0.1) is 19.7 Å². The number of benzene rings is 3. The van der Waals surface area contributed by atoms with Gasteiger partial charge in [0.1, 0.15) is 17.3 Å². The highest BCUT2D eigenvalue weighted by Gasteiger charge is 2.33. The van der Waals surface area contributed by atoms with E-state index >= 15 is 4.39 Å². The predicted octanol–water partition coefficient (Wildman–Crippen LogP) is 4.28. The quantitative estimate of drug-likeness (QED) is 0.351. The van der Waals surface area contributed by atoms with Crippen LogP contribution >= 0.6 is 0 Å². The number of rotatable bonds is 8. The lowest BCUT2D eigenvalue weighted by atomic mass is 9.99. The van der Waals surface area contributed by atoms with E-state index in [4.69, 9.17) is 4.74 Å². The summed E-state index contributed by atoms with van der Waals surface area (Å²) in [4.78, 5) is 38.6. The molecule has 2 amide bonds. The lowest BCUT2D eigenvalue weighted by Crippen LogP contribution is -2.34. The first-order valence-electron chi connectivity index (χ1n) is 12.3. The van der Waals surface area contributed by atoms with Crippen molar-refractivity contribution in [2.75, 3.05) is 18.0 Å². The molecule has 4 aromatic rings. The molecule has 1 fully saturated rings. The number of carbonyl (C=O) groups excluding carboxylic acids is 3. The van der Waals surface area contributed by atoms with Crippen molar-refractivity contribution in [2.45, 2.75) is 32.8 Å². The third kappa shape index (κ3) is 5.10. The first kappa shape index (κ1) is 25.1. The number of anilines is 1. The van der Waals surface area contributed by atoms with E-state index in [1.165, 1.54) is 21.7 Å². The second-order valence-corrected chi connectivity index (χ2v) is 9.29. The Kier molecular flexibility index (Phi) is 6.87. The Hall–Kier alpha value is -4.60.